The molecule has 0 aliphatic carbocycles. The molecule has 1 rings (SSSR count). The van der Waals surface area contributed by atoms with Gasteiger partial charge in [-0.1, -0.05) is 0 Å². The maximum Gasteiger partial charge on any atom is 0.434 e. The van der Waals surface area contributed by atoms with Gasteiger partial charge in [-0.15, -0.1) is 0 Å². The van der Waals surface area contributed by atoms with Gasteiger partial charge in [-0.2, -0.15) is 13.2 Å². The van der Waals surface area contributed by atoms with Crippen molar-refractivity contribution in [1.82, 2.24) is 4.98 Å². The van der Waals surface area contributed by atoms with E-state index in [2.05, 4.69) is 9.72 Å². The summed E-state index contributed by atoms with van der Waals surface area (Å²) in [6, 6.07) is 0.0509. The second-order valence-corrected chi connectivity index (χ2v) is 3.27. The molecule has 1 heterocycles. The molecule has 0 bridgehead atoms. The summed E-state index contributed by atoms with van der Waals surface area (Å²) < 4.78 is 79.8. The number of rotatable bonds is 3. The van der Waals surface area contributed by atoms with Crippen LogP contribution in [-0.2, 0) is 10.9 Å². The lowest BCUT2D eigenvalue weighted by Crippen LogP contribution is -2.19. The first-order chi connectivity index (χ1) is 8.68. The van der Waals surface area contributed by atoms with E-state index < -0.39 is 41.3 Å². The van der Waals surface area contributed by atoms with Crippen LogP contribution in [0, 0.1) is 5.82 Å². The lowest BCUT2D eigenvalue weighted by atomic mass is 10.1. The molecule has 3 nitrogen and oxygen atoms in total. The minimum absolute atomic E-state index is 0.0509. The van der Waals surface area contributed by atoms with Gasteiger partial charge in [0.25, 0.3) is 6.43 Å². The molecule has 1 aromatic heterocycles. The van der Waals surface area contributed by atoms with Gasteiger partial charge in [0.2, 0.25) is 0 Å². The molecule has 0 saturated carbocycles. The minimum Gasteiger partial charge on any atom is -0.462 e. The van der Waals surface area contributed by atoms with Crippen LogP contribution in [0.3, 0.4) is 0 Å². The third-order valence-electron chi connectivity index (χ3n) is 1.97. The van der Waals surface area contributed by atoms with Gasteiger partial charge in [-0.05, 0) is 13.0 Å². The minimum atomic E-state index is -5.18. The molecular weight excluding hydrogens is 280 g/mol. The molecule has 106 valence electrons. The zero-order valence-electron chi connectivity index (χ0n) is 9.39. The maximum atomic E-state index is 13.2. The highest BCUT2D eigenvalue weighted by atomic mass is 19.4. The van der Waals surface area contributed by atoms with Crippen molar-refractivity contribution in [3.05, 3.63) is 28.8 Å². The summed E-state index contributed by atoms with van der Waals surface area (Å²) in [5, 5.41) is 0. The van der Waals surface area contributed by atoms with E-state index in [-0.39, 0.29) is 12.7 Å². The molecule has 0 aromatic carbocycles. The zero-order valence-corrected chi connectivity index (χ0v) is 9.39. The number of carbonyl (C=O) groups is 1. The number of pyridine rings is 1. The molecule has 1 aromatic rings. The van der Waals surface area contributed by atoms with Crippen LogP contribution >= 0.6 is 0 Å². The summed E-state index contributed by atoms with van der Waals surface area (Å²) in [5.41, 5.74) is -4.81. The molecule has 0 N–H and O–H groups in total. The van der Waals surface area contributed by atoms with Crippen molar-refractivity contribution in [1.29, 1.82) is 0 Å². The largest absolute Gasteiger partial charge is 0.462 e. The first-order valence-electron chi connectivity index (χ1n) is 4.91. The van der Waals surface area contributed by atoms with E-state index in [4.69, 9.17) is 0 Å². The van der Waals surface area contributed by atoms with Gasteiger partial charge in [0.15, 0.2) is 11.5 Å². The average molecular weight is 287 g/mol. The Bertz CT molecular complexity index is 486. The van der Waals surface area contributed by atoms with Gasteiger partial charge in [-0.3, -0.25) is 0 Å². The molecule has 0 unspecified atom stereocenters. The van der Waals surface area contributed by atoms with Gasteiger partial charge in [0.1, 0.15) is 5.69 Å². The quantitative estimate of drug-likeness (QED) is 0.632. The van der Waals surface area contributed by atoms with Crippen LogP contribution in [0.1, 0.15) is 35.1 Å². The summed E-state index contributed by atoms with van der Waals surface area (Å²) >= 11 is 0. The van der Waals surface area contributed by atoms with Gasteiger partial charge >= 0.3 is 12.1 Å². The smallest absolute Gasteiger partial charge is 0.434 e. The average Bonchev–Trinajstić information content (AvgIpc) is 2.26. The van der Waals surface area contributed by atoms with E-state index in [1.165, 1.54) is 6.92 Å². The Morgan fingerprint density at radius 3 is 2.42 bits per heavy atom. The number of halogens is 6. The Labute approximate surface area is 103 Å². The monoisotopic (exact) mass is 287 g/mol. The maximum absolute atomic E-state index is 13.2. The fourth-order valence-corrected chi connectivity index (χ4v) is 1.24. The third-order valence-corrected chi connectivity index (χ3v) is 1.97. The highest BCUT2D eigenvalue weighted by Gasteiger charge is 2.39. The van der Waals surface area contributed by atoms with Crippen molar-refractivity contribution >= 4 is 5.97 Å². The number of carbonyl (C=O) groups excluding carboxylic acids is 1. The summed E-state index contributed by atoms with van der Waals surface area (Å²) in [4.78, 5) is 13.7. The van der Waals surface area contributed by atoms with Crippen molar-refractivity contribution in [2.75, 3.05) is 6.61 Å². The molecule has 0 aliphatic rings. The van der Waals surface area contributed by atoms with Crippen molar-refractivity contribution in [2.24, 2.45) is 0 Å². The highest BCUT2D eigenvalue weighted by molar-refractivity contribution is 5.90. The third kappa shape index (κ3) is 3.36. The summed E-state index contributed by atoms with van der Waals surface area (Å²) in [6.45, 7) is 1.07. The summed E-state index contributed by atoms with van der Waals surface area (Å²) in [7, 11) is 0. The first kappa shape index (κ1) is 15.3. The van der Waals surface area contributed by atoms with E-state index in [0.717, 1.165) is 0 Å². The Balaban J connectivity index is 3.45. The molecule has 0 aliphatic heterocycles. The summed E-state index contributed by atoms with van der Waals surface area (Å²) in [5.74, 6) is -3.19. The van der Waals surface area contributed by atoms with Gasteiger partial charge in [0, 0.05) is 0 Å². The number of hydrogen-bond acceptors (Lipinski definition) is 3. The Morgan fingerprint density at radius 1 is 1.42 bits per heavy atom. The van der Waals surface area contributed by atoms with Gasteiger partial charge in [0.05, 0.1) is 12.2 Å². The molecule has 19 heavy (non-hydrogen) atoms. The van der Waals surface area contributed by atoms with E-state index in [0.29, 0.717) is 0 Å². The number of ether oxygens (including phenoxy) is 1. The Kier molecular flexibility index (Phi) is 4.38. The fraction of sp³-hybridized carbons (Fsp3) is 0.400. The number of alkyl halides is 5. The number of nitrogens with zero attached hydrogens (tertiary/aromatic N) is 1. The van der Waals surface area contributed by atoms with Crippen LogP contribution < -0.4 is 0 Å². The molecule has 0 spiro atoms. The molecule has 0 fully saturated rings. The standard InChI is InChI=1S/C10H7F6NO2/c1-2-19-9(18)4-3-5(11)6(8(12)13)17-7(4)10(14,15)16/h3,8H,2H2,1H3. The van der Waals surface area contributed by atoms with E-state index in [1.807, 2.05) is 0 Å². The van der Waals surface area contributed by atoms with Crippen molar-refractivity contribution in [3.63, 3.8) is 0 Å². The lowest BCUT2D eigenvalue weighted by molar-refractivity contribution is -0.142. The van der Waals surface area contributed by atoms with Crippen LogP contribution in [0.25, 0.3) is 0 Å². The van der Waals surface area contributed by atoms with E-state index in [9.17, 15) is 31.1 Å². The SMILES string of the molecule is CCOC(=O)c1cc(F)c(C(F)F)nc1C(F)(F)F. The predicted octanol–water partition coefficient (Wildman–Crippen LogP) is 3.35. The highest BCUT2D eigenvalue weighted by Crippen LogP contribution is 2.33. The molecule has 9 heteroatoms. The van der Waals surface area contributed by atoms with Crippen molar-refractivity contribution in [3.8, 4) is 0 Å². The number of esters is 1. The predicted molar refractivity (Wildman–Crippen MR) is 50.1 cm³/mol. The molecular formula is C10H7F6NO2. The molecule has 0 atom stereocenters. The molecule has 0 radical (unpaired) electrons. The normalized spacial score (nSPS) is 11.8. The van der Waals surface area contributed by atoms with Gasteiger partial charge in [-0.25, -0.2) is 22.9 Å². The van der Waals surface area contributed by atoms with E-state index in [1.54, 1.807) is 0 Å². The number of aromatic nitrogens is 1. The van der Waals surface area contributed by atoms with Crippen LogP contribution in [-0.4, -0.2) is 17.6 Å². The topological polar surface area (TPSA) is 39.2 Å². The second-order valence-electron chi connectivity index (χ2n) is 3.27. The van der Waals surface area contributed by atoms with Crippen molar-refractivity contribution < 1.29 is 35.9 Å². The summed E-state index contributed by atoms with van der Waals surface area (Å²) in [6.07, 6.45) is -8.71. The zero-order chi connectivity index (χ0) is 14.8. The van der Waals surface area contributed by atoms with Crippen LogP contribution in [0.2, 0.25) is 0 Å². The van der Waals surface area contributed by atoms with Crippen LogP contribution in [0.5, 0.6) is 0 Å². The van der Waals surface area contributed by atoms with Crippen LogP contribution in [0.4, 0.5) is 26.3 Å². The molecule has 0 saturated heterocycles. The van der Waals surface area contributed by atoms with Gasteiger partial charge < -0.3 is 4.74 Å². The lowest BCUT2D eigenvalue weighted by Gasteiger charge is -2.13. The van der Waals surface area contributed by atoms with E-state index >= 15 is 0 Å². The number of hydrogen-bond donors (Lipinski definition) is 0. The first-order valence-corrected chi connectivity index (χ1v) is 4.91. The Hall–Kier alpha value is -1.80. The Morgan fingerprint density at radius 2 is 2.00 bits per heavy atom. The fourth-order valence-electron chi connectivity index (χ4n) is 1.24. The molecule has 0 amide bonds. The second kappa shape index (κ2) is 5.45. The van der Waals surface area contributed by atoms with Crippen molar-refractivity contribution in [2.45, 2.75) is 19.5 Å². The van der Waals surface area contributed by atoms with Crippen LogP contribution in [0.15, 0.2) is 6.07 Å².